The van der Waals surface area contributed by atoms with Gasteiger partial charge in [0.1, 0.15) is 16.8 Å². The fourth-order valence-electron chi connectivity index (χ4n) is 3.96. The summed E-state index contributed by atoms with van der Waals surface area (Å²) in [5.41, 5.74) is 3.29. The maximum absolute atomic E-state index is 12.7. The number of amides is 2. The van der Waals surface area contributed by atoms with E-state index in [0.717, 1.165) is 27.3 Å². The van der Waals surface area contributed by atoms with E-state index < -0.39 is 0 Å². The van der Waals surface area contributed by atoms with Gasteiger partial charge < -0.3 is 15.0 Å². The van der Waals surface area contributed by atoms with E-state index in [1.54, 1.807) is 24.4 Å². The summed E-state index contributed by atoms with van der Waals surface area (Å²) in [6, 6.07) is 13.6. The summed E-state index contributed by atoms with van der Waals surface area (Å²) in [5.74, 6) is 0.633. The van der Waals surface area contributed by atoms with Crippen molar-refractivity contribution < 1.29 is 14.3 Å². The zero-order valence-corrected chi connectivity index (χ0v) is 19.2. The molecule has 0 unspecified atom stereocenters. The first kappa shape index (κ1) is 22.5. The molecule has 4 rings (SSSR count). The maximum Gasteiger partial charge on any atom is 0.227 e. The largest absolute Gasteiger partial charge is 0.496 e. The van der Waals surface area contributed by atoms with Crippen molar-refractivity contribution in [2.24, 2.45) is 0 Å². The molecule has 0 spiro atoms. The normalized spacial score (nSPS) is 12.5. The summed E-state index contributed by atoms with van der Waals surface area (Å²) >= 11 is 1.39. The quantitative estimate of drug-likeness (QED) is 0.580. The second kappa shape index (κ2) is 10.3. The average Bonchev–Trinajstić information content (AvgIpc) is 3.19. The number of hydrogen-bond acceptors (Lipinski definition) is 6. The minimum absolute atomic E-state index is 0.0305. The van der Waals surface area contributed by atoms with Crippen LogP contribution in [0.5, 0.6) is 5.75 Å². The number of benzene rings is 1. The molecular formula is C25H24N4O3S. The lowest BCUT2D eigenvalue weighted by atomic mass is 10.0. The molecule has 0 radical (unpaired) electrons. The molecule has 1 aliphatic rings. The Morgan fingerprint density at radius 1 is 1.27 bits per heavy atom. The summed E-state index contributed by atoms with van der Waals surface area (Å²) in [6.07, 6.45) is 5.10. The third-order valence-corrected chi connectivity index (χ3v) is 6.80. The molecule has 1 aliphatic heterocycles. The van der Waals surface area contributed by atoms with Gasteiger partial charge in [-0.2, -0.15) is 5.26 Å². The zero-order chi connectivity index (χ0) is 23.2. The van der Waals surface area contributed by atoms with E-state index in [0.29, 0.717) is 42.9 Å². The van der Waals surface area contributed by atoms with Gasteiger partial charge in [-0.3, -0.25) is 14.6 Å². The predicted molar refractivity (Wildman–Crippen MR) is 126 cm³/mol. The number of fused-ring (bicyclic) bond motifs is 1. The molecule has 2 aromatic heterocycles. The lowest BCUT2D eigenvalue weighted by Crippen LogP contribution is -2.36. The average molecular weight is 461 g/mol. The SMILES string of the molecule is COc1ccccc1CCC(=O)Nc1sc2c(c1C#N)CCN(C(=O)Cc1cccnc1)C2. The number of ether oxygens (including phenoxy) is 1. The van der Waals surface area contributed by atoms with E-state index in [9.17, 15) is 14.9 Å². The molecule has 8 heteroatoms. The first-order valence-electron chi connectivity index (χ1n) is 10.7. The Balaban J connectivity index is 1.41. The highest BCUT2D eigenvalue weighted by Crippen LogP contribution is 2.37. The Morgan fingerprint density at radius 3 is 2.88 bits per heavy atom. The highest BCUT2D eigenvalue weighted by atomic mass is 32.1. The molecule has 168 valence electrons. The second-order valence-corrected chi connectivity index (χ2v) is 8.89. The van der Waals surface area contributed by atoms with Crippen LogP contribution in [0.2, 0.25) is 0 Å². The molecule has 3 heterocycles. The Labute approximate surface area is 196 Å². The summed E-state index contributed by atoms with van der Waals surface area (Å²) in [4.78, 5) is 32.2. The van der Waals surface area contributed by atoms with Crippen molar-refractivity contribution in [1.29, 1.82) is 5.26 Å². The van der Waals surface area contributed by atoms with E-state index in [-0.39, 0.29) is 18.2 Å². The second-order valence-electron chi connectivity index (χ2n) is 7.78. The van der Waals surface area contributed by atoms with Crippen molar-refractivity contribution in [2.45, 2.75) is 32.2 Å². The molecule has 0 bridgehead atoms. The van der Waals surface area contributed by atoms with Gasteiger partial charge in [0.05, 0.1) is 25.6 Å². The smallest absolute Gasteiger partial charge is 0.227 e. The molecule has 0 fully saturated rings. The molecule has 0 saturated carbocycles. The van der Waals surface area contributed by atoms with Crippen LogP contribution in [0.4, 0.5) is 5.00 Å². The number of hydrogen-bond donors (Lipinski definition) is 1. The number of aromatic nitrogens is 1. The van der Waals surface area contributed by atoms with Crippen molar-refractivity contribution in [3.05, 3.63) is 75.9 Å². The first-order valence-corrected chi connectivity index (χ1v) is 11.5. The van der Waals surface area contributed by atoms with Gasteiger partial charge >= 0.3 is 0 Å². The van der Waals surface area contributed by atoms with Crippen LogP contribution in [0.25, 0.3) is 0 Å². The maximum atomic E-state index is 12.7. The molecule has 3 aromatic rings. The number of rotatable bonds is 7. The Bertz CT molecular complexity index is 1200. The molecule has 0 aliphatic carbocycles. The molecule has 2 amide bonds. The van der Waals surface area contributed by atoms with Crippen LogP contribution in [-0.2, 0) is 35.4 Å². The van der Waals surface area contributed by atoms with Gasteiger partial charge in [-0.25, -0.2) is 0 Å². The third kappa shape index (κ3) is 5.21. The number of anilines is 1. The lowest BCUT2D eigenvalue weighted by Gasteiger charge is -2.27. The minimum Gasteiger partial charge on any atom is -0.496 e. The zero-order valence-electron chi connectivity index (χ0n) is 18.3. The van der Waals surface area contributed by atoms with Crippen molar-refractivity contribution in [3.8, 4) is 11.8 Å². The number of aryl methyl sites for hydroxylation is 1. The van der Waals surface area contributed by atoms with E-state index in [4.69, 9.17) is 4.74 Å². The fourth-order valence-corrected chi connectivity index (χ4v) is 5.19. The number of methoxy groups -OCH3 is 1. The first-order chi connectivity index (χ1) is 16.1. The predicted octanol–water partition coefficient (Wildman–Crippen LogP) is 3.72. The van der Waals surface area contributed by atoms with E-state index >= 15 is 0 Å². The van der Waals surface area contributed by atoms with Crippen molar-refractivity contribution in [3.63, 3.8) is 0 Å². The molecular weight excluding hydrogens is 436 g/mol. The van der Waals surface area contributed by atoms with Crippen LogP contribution < -0.4 is 10.1 Å². The highest BCUT2D eigenvalue weighted by Gasteiger charge is 2.27. The monoisotopic (exact) mass is 460 g/mol. The fraction of sp³-hybridized carbons (Fsp3) is 0.280. The summed E-state index contributed by atoms with van der Waals surface area (Å²) in [5, 5.41) is 13.2. The van der Waals surface area contributed by atoms with Crippen LogP contribution >= 0.6 is 11.3 Å². The van der Waals surface area contributed by atoms with Crippen LogP contribution in [0.1, 0.15) is 33.6 Å². The summed E-state index contributed by atoms with van der Waals surface area (Å²) < 4.78 is 5.35. The minimum atomic E-state index is -0.152. The van der Waals surface area contributed by atoms with Gasteiger partial charge in [-0.15, -0.1) is 11.3 Å². The van der Waals surface area contributed by atoms with Gasteiger partial charge in [0.2, 0.25) is 11.8 Å². The van der Waals surface area contributed by atoms with Crippen LogP contribution in [0, 0.1) is 11.3 Å². The molecule has 0 atom stereocenters. The van der Waals surface area contributed by atoms with Crippen LogP contribution in [-0.4, -0.2) is 35.4 Å². The topological polar surface area (TPSA) is 95.3 Å². The molecule has 1 aromatic carbocycles. The number of thiophene rings is 1. The third-order valence-electron chi connectivity index (χ3n) is 5.67. The number of pyridine rings is 1. The molecule has 1 N–H and O–H groups in total. The number of nitrogens with zero attached hydrogens (tertiary/aromatic N) is 3. The Morgan fingerprint density at radius 2 is 2.12 bits per heavy atom. The number of carbonyl (C=O) groups is 2. The Kier molecular flexibility index (Phi) is 7.01. The van der Waals surface area contributed by atoms with Crippen molar-refractivity contribution in [2.75, 3.05) is 19.0 Å². The number of nitriles is 1. The van der Waals surface area contributed by atoms with Gasteiger partial charge in [-0.05, 0) is 41.7 Å². The standard InChI is InChI=1S/C25H24N4O3S/c1-32-21-7-3-2-6-18(21)8-9-23(30)28-25-20(14-26)19-10-12-29(16-22(19)33-25)24(31)13-17-5-4-11-27-15-17/h2-7,11,15H,8-10,12-13,16H2,1H3,(H,28,30). The summed E-state index contributed by atoms with van der Waals surface area (Å²) in [7, 11) is 1.61. The van der Waals surface area contributed by atoms with Gasteiger partial charge in [-0.1, -0.05) is 24.3 Å². The van der Waals surface area contributed by atoms with Crippen molar-refractivity contribution in [1.82, 2.24) is 9.88 Å². The van der Waals surface area contributed by atoms with Gasteiger partial charge in [0.25, 0.3) is 0 Å². The van der Waals surface area contributed by atoms with Crippen molar-refractivity contribution >= 4 is 28.2 Å². The molecule has 0 saturated heterocycles. The highest BCUT2D eigenvalue weighted by molar-refractivity contribution is 7.16. The number of para-hydroxylation sites is 1. The van der Waals surface area contributed by atoms with Gasteiger partial charge in [0.15, 0.2) is 0 Å². The number of nitrogens with one attached hydrogen (secondary N) is 1. The van der Waals surface area contributed by atoms with Crippen LogP contribution in [0.3, 0.4) is 0 Å². The summed E-state index contributed by atoms with van der Waals surface area (Å²) in [6.45, 7) is 1.00. The number of carbonyl (C=O) groups excluding carboxylic acids is 2. The van der Waals surface area contributed by atoms with Gasteiger partial charge in [0, 0.05) is 30.2 Å². The molecule has 7 nitrogen and oxygen atoms in total. The van der Waals surface area contributed by atoms with E-state index in [1.165, 1.54) is 11.3 Å². The van der Waals surface area contributed by atoms with Crippen LogP contribution in [0.15, 0.2) is 48.8 Å². The lowest BCUT2D eigenvalue weighted by molar-refractivity contribution is -0.131. The molecule has 33 heavy (non-hydrogen) atoms. The van der Waals surface area contributed by atoms with E-state index in [1.807, 2.05) is 36.4 Å². The van der Waals surface area contributed by atoms with E-state index in [2.05, 4.69) is 16.4 Å². The Hall–Kier alpha value is -3.70.